The Morgan fingerprint density at radius 2 is 1.58 bits per heavy atom. The number of rotatable bonds is 7. The van der Waals surface area contributed by atoms with E-state index in [0.29, 0.717) is 19.6 Å². The first-order valence-corrected chi connectivity index (χ1v) is 10.6. The molecule has 134 valence electrons. The van der Waals surface area contributed by atoms with Gasteiger partial charge in [-0.3, -0.25) is 4.79 Å². The Morgan fingerprint density at radius 3 is 2.12 bits per heavy atom. The van der Waals surface area contributed by atoms with Crippen LogP contribution >= 0.6 is 0 Å². The number of carbonyl (C=O) groups is 1. The van der Waals surface area contributed by atoms with Crippen LogP contribution in [0.4, 0.5) is 0 Å². The summed E-state index contributed by atoms with van der Waals surface area (Å²) in [6.07, 6.45) is 1.66. The van der Waals surface area contributed by atoms with Gasteiger partial charge in [0.1, 0.15) is 0 Å². The largest absolute Gasteiger partial charge is 0.355 e. The minimum Gasteiger partial charge on any atom is -0.355 e. The lowest BCUT2D eigenvalue weighted by Gasteiger charge is -2.15. The fraction of sp³-hybridized carbons (Fsp3) is 0.500. The summed E-state index contributed by atoms with van der Waals surface area (Å²) in [5.74, 6) is -0.436. The molecular formula is C14H21N3O5S2. The highest BCUT2D eigenvalue weighted by Crippen LogP contribution is 2.22. The zero-order valence-electron chi connectivity index (χ0n) is 13.4. The van der Waals surface area contributed by atoms with Crippen molar-refractivity contribution < 1.29 is 21.6 Å². The Morgan fingerprint density at radius 1 is 1.04 bits per heavy atom. The van der Waals surface area contributed by atoms with E-state index in [-0.39, 0.29) is 16.3 Å². The molecule has 0 saturated carbocycles. The predicted molar refractivity (Wildman–Crippen MR) is 88.3 cm³/mol. The first-order chi connectivity index (χ1) is 11.3. The average molecular weight is 375 g/mol. The predicted octanol–water partition coefficient (Wildman–Crippen LogP) is -0.114. The van der Waals surface area contributed by atoms with Gasteiger partial charge in [-0.15, -0.1) is 0 Å². The standard InChI is InChI=1S/C14H21N3O5S2/c1-2-15-14(18)11-16-23(19,20)12-5-7-13(8-6-12)24(21,22)17-9-3-4-10-17/h5-8,16H,2-4,9-11H2,1H3,(H,15,18). The van der Waals surface area contributed by atoms with E-state index in [2.05, 4.69) is 10.0 Å². The Hall–Kier alpha value is -1.49. The van der Waals surface area contributed by atoms with Gasteiger partial charge in [0.15, 0.2) is 0 Å². The van der Waals surface area contributed by atoms with Crippen LogP contribution in [0.15, 0.2) is 34.1 Å². The third-order valence-corrected chi connectivity index (χ3v) is 6.96. The van der Waals surface area contributed by atoms with Gasteiger partial charge in [0.05, 0.1) is 16.3 Å². The molecule has 2 N–H and O–H groups in total. The maximum atomic E-state index is 12.4. The van der Waals surface area contributed by atoms with Gasteiger partial charge in [-0.1, -0.05) is 0 Å². The second-order valence-corrected chi connectivity index (χ2v) is 9.07. The molecule has 1 fully saturated rings. The monoisotopic (exact) mass is 375 g/mol. The molecule has 1 aromatic rings. The Labute approximate surface area is 142 Å². The molecular weight excluding hydrogens is 354 g/mol. The second kappa shape index (κ2) is 7.60. The molecule has 0 aliphatic carbocycles. The molecule has 1 aromatic carbocycles. The molecule has 0 radical (unpaired) electrons. The lowest BCUT2D eigenvalue weighted by atomic mass is 10.4. The molecule has 2 rings (SSSR count). The van der Waals surface area contributed by atoms with Gasteiger partial charge in [-0.05, 0) is 44.0 Å². The number of benzene rings is 1. The molecule has 24 heavy (non-hydrogen) atoms. The summed E-state index contributed by atoms with van der Waals surface area (Å²) in [6.45, 7) is 2.73. The highest BCUT2D eigenvalue weighted by molar-refractivity contribution is 7.89. The molecule has 0 bridgehead atoms. The number of hydrogen-bond donors (Lipinski definition) is 2. The van der Waals surface area contributed by atoms with Crippen LogP contribution in [0.3, 0.4) is 0 Å². The van der Waals surface area contributed by atoms with Crippen molar-refractivity contribution in [2.75, 3.05) is 26.2 Å². The molecule has 0 unspecified atom stereocenters. The van der Waals surface area contributed by atoms with Crippen molar-refractivity contribution in [3.05, 3.63) is 24.3 Å². The fourth-order valence-corrected chi connectivity index (χ4v) is 4.87. The van der Waals surface area contributed by atoms with Crippen molar-refractivity contribution in [3.8, 4) is 0 Å². The van der Waals surface area contributed by atoms with E-state index in [1.165, 1.54) is 28.6 Å². The molecule has 8 nitrogen and oxygen atoms in total. The van der Waals surface area contributed by atoms with Gasteiger partial charge >= 0.3 is 0 Å². The summed E-state index contributed by atoms with van der Waals surface area (Å²) in [4.78, 5) is 11.3. The van der Waals surface area contributed by atoms with Gasteiger partial charge in [0.2, 0.25) is 26.0 Å². The molecule has 10 heteroatoms. The van der Waals surface area contributed by atoms with Crippen LogP contribution in [0.1, 0.15) is 19.8 Å². The number of sulfonamides is 2. The van der Waals surface area contributed by atoms with Crippen molar-refractivity contribution in [3.63, 3.8) is 0 Å². The normalized spacial score (nSPS) is 16.2. The van der Waals surface area contributed by atoms with Crippen molar-refractivity contribution in [2.45, 2.75) is 29.6 Å². The Balaban J connectivity index is 2.12. The highest BCUT2D eigenvalue weighted by atomic mass is 32.2. The third-order valence-electron chi connectivity index (χ3n) is 3.63. The average Bonchev–Trinajstić information content (AvgIpc) is 3.09. The molecule has 1 heterocycles. The number of nitrogens with one attached hydrogen (secondary N) is 2. The molecule has 1 aliphatic rings. The maximum absolute atomic E-state index is 12.4. The minimum atomic E-state index is -3.87. The van der Waals surface area contributed by atoms with Gasteiger partial charge in [-0.25, -0.2) is 21.6 Å². The van der Waals surface area contributed by atoms with E-state index in [1.54, 1.807) is 6.92 Å². The van der Waals surface area contributed by atoms with Crippen molar-refractivity contribution in [1.82, 2.24) is 14.3 Å². The van der Waals surface area contributed by atoms with E-state index in [1.807, 2.05) is 0 Å². The summed E-state index contributed by atoms with van der Waals surface area (Å²) >= 11 is 0. The molecule has 0 atom stereocenters. The third kappa shape index (κ3) is 4.32. The van der Waals surface area contributed by atoms with Crippen molar-refractivity contribution in [2.24, 2.45) is 0 Å². The van der Waals surface area contributed by atoms with Crippen LogP contribution in [0.5, 0.6) is 0 Å². The number of carbonyl (C=O) groups excluding carboxylic acids is 1. The van der Waals surface area contributed by atoms with Gasteiger partial charge < -0.3 is 5.32 Å². The maximum Gasteiger partial charge on any atom is 0.243 e. The zero-order valence-corrected chi connectivity index (χ0v) is 15.0. The van der Waals surface area contributed by atoms with E-state index >= 15 is 0 Å². The second-order valence-electron chi connectivity index (χ2n) is 5.36. The molecule has 1 aliphatic heterocycles. The van der Waals surface area contributed by atoms with Gasteiger partial charge in [0, 0.05) is 19.6 Å². The molecule has 0 spiro atoms. The molecule has 1 saturated heterocycles. The fourth-order valence-electron chi connectivity index (χ4n) is 2.37. The lowest BCUT2D eigenvalue weighted by molar-refractivity contribution is -0.119. The quantitative estimate of drug-likeness (QED) is 0.690. The first-order valence-electron chi connectivity index (χ1n) is 7.64. The zero-order chi connectivity index (χ0) is 17.8. The van der Waals surface area contributed by atoms with Crippen LogP contribution in [0.25, 0.3) is 0 Å². The minimum absolute atomic E-state index is 0.0621. The topological polar surface area (TPSA) is 113 Å². The van der Waals surface area contributed by atoms with E-state index in [4.69, 9.17) is 0 Å². The summed E-state index contributed by atoms with van der Waals surface area (Å²) in [5.41, 5.74) is 0. The SMILES string of the molecule is CCNC(=O)CNS(=O)(=O)c1ccc(S(=O)(=O)N2CCCC2)cc1. The first kappa shape index (κ1) is 18.8. The summed E-state index contributed by atoms with van der Waals surface area (Å²) in [7, 11) is -7.45. The Bertz CT molecular complexity index is 782. The number of amides is 1. The van der Waals surface area contributed by atoms with E-state index < -0.39 is 26.0 Å². The highest BCUT2D eigenvalue weighted by Gasteiger charge is 2.27. The van der Waals surface area contributed by atoms with Crippen LogP contribution < -0.4 is 10.0 Å². The molecule has 0 aromatic heterocycles. The smallest absolute Gasteiger partial charge is 0.243 e. The number of nitrogens with zero attached hydrogens (tertiary/aromatic N) is 1. The van der Waals surface area contributed by atoms with Crippen LogP contribution in [0.2, 0.25) is 0 Å². The molecule has 1 amide bonds. The van der Waals surface area contributed by atoms with Gasteiger partial charge in [0.25, 0.3) is 0 Å². The lowest BCUT2D eigenvalue weighted by Crippen LogP contribution is -2.36. The van der Waals surface area contributed by atoms with Crippen LogP contribution in [-0.4, -0.2) is 53.2 Å². The summed E-state index contributed by atoms with van der Waals surface area (Å²) in [5, 5.41) is 2.48. The van der Waals surface area contributed by atoms with Gasteiger partial charge in [-0.2, -0.15) is 4.31 Å². The van der Waals surface area contributed by atoms with E-state index in [9.17, 15) is 21.6 Å². The van der Waals surface area contributed by atoms with Crippen LogP contribution in [0, 0.1) is 0 Å². The summed E-state index contributed by atoms with van der Waals surface area (Å²) in [6, 6.07) is 4.99. The summed E-state index contributed by atoms with van der Waals surface area (Å²) < 4.78 is 52.6. The Kier molecular flexibility index (Phi) is 5.97. The van der Waals surface area contributed by atoms with Crippen molar-refractivity contribution >= 4 is 26.0 Å². The van der Waals surface area contributed by atoms with E-state index in [0.717, 1.165) is 12.8 Å². The number of hydrogen-bond acceptors (Lipinski definition) is 5. The van der Waals surface area contributed by atoms with Crippen LogP contribution in [-0.2, 0) is 24.8 Å². The van der Waals surface area contributed by atoms with Crippen molar-refractivity contribution in [1.29, 1.82) is 0 Å². The number of likely N-dealkylation sites (N-methyl/N-ethyl adjacent to an activating group) is 1.